The first-order valence-corrected chi connectivity index (χ1v) is 14.3. The molecular formula is C25H29GeN. The molecule has 0 saturated heterocycles. The molecule has 1 aliphatic heterocycles. The number of pyridine rings is 1. The maximum atomic E-state index is 7.78. The summed E-state index contributed by atoms with van der Waals surface area (Å²) in [6.07, 6.45) is 1.55. The molecule has 0 radical (unpaired) electrons. The van der Waals surface area contributed by atoms with Crippen molar-refractivity contribution in [3.8, 4) is 22.4 Å². The molecule has 0 spiro atoms. The number of benzene rings is 2. The van der Waals surface area contributed by atoms with Gasteiger partial charge in [0, 0.05) is 0 Å². The van der Waals surface area contributed by atoms with E-state index >= 15 is 0 Å². The van der Waals surface area contributed by atoms with E-state index in [1.54, 1.807) is 10.6 Å². The molecule has 138 valence electrons. The van der Waals surface area contributed by atoms with Crippen LogP contribution >= 0.6 is 0 Å². The average Bonchev–Trinajstić information content (AvgIpc) is 2.98. The molecule has 0 unspecified atom stereocenters. The molecule has 0 N–H and O–H groups in total. The topological polar surface area (TPSA) is 12.9 Å². The molecule has 1 aliphatic rings. The average molecular weight is 419 g/mol. The van der Waals surface area contributed by atoms with Crippen molar-refractivity contribution >= 4 is 22.1 Å². The van der Waals surface area contributed by atoms with E-state index in [1.807, 2.05) is 13.0 Å². The summed E-state index contributed by atoms with van der Waals surface area (Å²) in [5.74, 6) is 0. The van der Waals surface area contributed by atoms with E-state index < -0.39 is 20.1 Å². The minimum atomic E-state index is -2.76. The second-order valence-corrected chi connectivity index (χ2v) is 19.0. The van der Waals surface area contributed by atoms with Crippen LogP contribution in [0.3, 0.4) is 0 Å². The van der Waals surface area contributed by atoms with Crippen LogP contribution in [-0.4, -0.2) is 18.3 Å². The summed E-state index contributed by atoms with van der Waals surface area (Å²) < 4.78 is 27.6. The van der Waals surface area contributed by atoms with Gasteiger partial charge in [-0.15, -0.1) is 0 Å². The first-order valence-electron chi connectivity index (χ1n) is 11.3. The Labute approximate surface area is 170 Å². The molecule has 27 heavy (non-hydrogen) atoms. The Kier molecular flexibility index (Phi) is 3.71. The molecule has 0 amide bonds. The Bertz CT molecular complexity index is 1110. The van der Waals surface area contributed by atoms with Gasteiger partial charge in [0.2, 0.25) is 0 Å². The van der Waals surface area contributed by atoms with Gasteiger partial charge in [-0.05, 0) is 0 Å². The van der Waals surface area contributed by atoms with Gasteiger partial charge in [0.05, 0.1) is 0 Å². The molecule has 4 rings (SSSR count). The van der Waals surface area contributed by atoms with Gasteiger partial charge in [0.25, 0.3) is 0 Å². The van der Waals surface area contributed by atoms with Crippen LogP contribution < -0.4 is 8.79 Å². The third-order valence-electron chi connectivity index (χ3n) is 6.35. The third-order valence-corrected chi connectivity index (χ3v) is 19.6. The first-order chi connectivity index (χ1) is 14.1. The van der Waals surface area contributed by atoms with Crippen LogP contribution in [0.2, 0.25) is 9.50 Å². The van der Waals surface area contributed by atoms with Crippen molar-refractivity contribution in [2.75, 3.05) is 0 Å². The summed E-state index contributed by atoms with van der Waals surface area (Å²) in [5.41, 5.74) is 5.92. The summed E-state index contributed by atoms with van der Waals surface area (Å²) in [7, 11) is 0. The van der Waals surface area contributed by atoms with Crippen LogP contribution in [0.15, 0.2) is 54.7 Å². The van der Waals surface area contributed by atoms with Crippen LogP contribution in [-0.2, 0) is 0 Å². The normalized spacial score (nSPS) is 16.6. The molecule has 0 atom stereocenters. The molecule has 0 saturated carbocycles. The summed E-state index contributed by atoms with van der Waals surface area (Å²) in [4.78, 5) is 4.67. The number of hydrogen-bond acceptors (Lipinski definition) is 1. The van der Waals surface area contributed by atoms with E-state index in [0.29, 0.717) is 15.1 Å². The molecule has 1 nitrogen and oxygen atoms in total. The third kappa shape index (κ3) is 2.55. The Morgan fingerprint density at radius 1 is 0.852 bits per heavy atom. The number of nitrogens with zero attached hydrogens (tertiary/aromatic N) is 1. The van der Waals surface area contributed by atoms with Crippen LogP contribution in [0.25, 0.3) is 22.4 Å². The van der Waals surface area contributed by atoms with E-state index in [0.717, 1.165) is 11.3 Å². The van der Waals surface area contributed by atoms with E-state index in [2.05, 4.69) is 75.1 Å². The fourth-order valence-electron chi connectivity index (χ4n) is 5.22. The summed E-state index contributed by atoms with van der Waals surface area (Å²) in [5, 5.41) is 0. The van der Waals surface area contributed by atoms with E-state index in [4.69, 9.17) is 4.11 Å². The number of aryl methyl sites for hydroxylation is 2. The second kappa shape index (κ2) is 6.63. The maximum absolute atomic E-state index is 7.78. The molecular weight excluding hydrogens is 387 g/mol. The fourth-order valence-corrected chi connectivity index (χ4v) is 18.6. The van der Waals surface area contributed by atoms with Crippen LogP contribution in [0, 0.1) is 13.8 Å². The van der Waals surface area contributed by atoms with E-state index in [9.17, 15) is 0 Å². The predicted molar refractivity (Wildman–Crippen MR) is 120 cm³/mol. The van der Waals surface area contributed by atoms with E-state index in [1.165, 1.54) is 21.1 Å². The van der Waals surface area contributed by atoms with Crippen LogP contribution in [0.1, 0.15) is 42.9 Å². The van der Waals surface area contributed by atoms with Gasteiger partial charge >= 0.3 is 170 Å². The van der Waals surface area contributed by atoms with Crippen molar-refractivity contribution in [3.05, 3.63) is 65.9 Å². The zero-order valence-corrected chi connectivity index (χ0v) is 18.9. The quantitative estimate of drug-likeness (QED) is 0.495. The van der Waals surface area contributed by atoms with Crippen LogP contribution in [0.5, 0.6) is 0 Å². The van der Waals surface area contributed by atoms with Gasteiger partial charge in [-0.2, -0.15) is 0 Å². The Morgan fingerprint density at radius 2 is 1.52 bits per heavy atom. The van der Waals surface area contributed by atoms with Gasteiger partial charge in [0.1, 0.15) is 0 Å². The molecule has 0 bridgehead atoms. The van der Waals surface area contributed by atoms with Gasteiger partial charge in [-0.25, -0.2) is 0 Å². The predicted octanol–water partition coefficient (Wildman–Crippen LogP) is 5.73. The van der Waals surface area contributed by atoms with Crippen molar-refractivity contribution in [2.24, 2.45) is 0 Å². The zero-order chi connectivity index (χ0) is 21.8. The molecule has 0 fully saturated rings. The van der Waals surface area contributed by atoms with Crippen molar-refractivity contribution in [1.82, 2.24) is 4.98 Å². The summed E-state index contributed by atoms with van der Waals surface area (Å²) in [6, 6.07) is 17.5. The van der Waals surface area contributed by atoms with Crippen LogP contribution in [0.4, 0.5) is 0 Å². The van der Waals surface area contributed by atoms with Gasteiger partial charge < -0.3 is 0 Å². The zero-order valence-electron chi connectivity index (χ0n) is 19.8. The Morgan fingerprint density at radius 3 is 2.19 bits per heavy atom. The van der Waals surface area contributed by atoms with E-state index in [-0.39, 0.29) is 0 Å². The molecule has 2 heteroatoms. The van der Waals surface area contributed by atoms with Crippen molar-refractivity contribution in [1.29, 1.82) is 0 Å². The number of fused-ring (bicyclic) bond motifs is 3. The second-order valence-electron chi connectivity index (χ2n) is 8.34. The standard InChI is InChI=1S/C25H29GeN/c1-16(2)26(17(3)4)23-13-8-7-10-20(23)21-11-9-12-22(25(21)26)24-14-18(5)19(6)15-27-24/h7-17H,1-6H3/i6D3. The summed E-state index contributed by atoms with van der Waals surface area (Å²) in [6.45, 7) is 9.29. The Hall–Kier alpha value is -1.87. The summed E-state index contributed by atoms with van der Waals surface area (Å²) >= 11 is -2.76. The molecule has 1 aromatic heterocycles. The molecule has 2 aromatic carbocycles. The van der Waals surface area contributed by atoms with Crippen molar-refractivity contribution < 1.29 is 4.11 Å². The van der Waals surface area contributed by atoms with Gasteiger partial charge in [-0.3, -0.25) is 0 Å². The number of hydrogen-bond donors (Lipinski definition) is 0. The Balaban J connectivity index is 2.04. The monoisotopic (exact) mass is 420 g/mol. The minimum absolute atomic E-state index is 0.336. The fraction of sp³-hybridized carbons (Fsp3) is 0.320. The van der Waals surface area contributed by atoms with Crippen molar-refractivity contribution in [2.45, 2.75) is 51.0 Å². The molecule has 2 heterocycles. The first kappa shape index (κ1) is 15.1. The van der Waals surface area contributed by atoms with Crippen molar-refractivity contribution in [3.63, 3.8) is 0 Å². The number of aromatic nitrogens is 1. The molecule has 0 aliphatic carbocycles. The SMILES string of the molecule is [2H]C([2H])([2H])c1cnc(-c2cccc3[c]2[Ge]([CH](C)C)([CH](C)C)[c]2ccccc2-3)cc1C. The molecule has 3 aromatic rings. The van der Waals surface area contributed by atoms with Gasteiger partial charge in [-0.1, -0.05) is 0 Å². The number of rotatable bonds is 3. The van der Waals surface area contributed by atoms with Gasteiger partial charge in [0.15, 0.2) is 0 Å².